The van der Waals surface area contributed by atoms with E-state index in [1.54, 1.807) is 0 Å². The minimum atomic E-state index is -0.865. The first-order valence-corrected chi connectivity index (χ1v) is 14.8. The Kier molecular flexibility index (Phi) is 16.1. The van der Waals surface area contributed by atoms with Crippen LogP contribution in [0.25, 0.3) is 11.1 Å². The molecule has 11 nitrogen and oxygen atoms in total. The van der Waals surface area contributed by atoms with E-state index in [0.717, 1.165) is 0 Å². The summed E-state index contributed by atoms with van der Waals surface area (Å²) in [6, 6.07) is 16.5. The molecule has 1 aliphatic rings. The summed E-state index contributed by atoms with van der Waals surface area (Å²) in [5.74, 6) is -1.17. The summed E-state index contributed by atoms with van der Waals surface area (Å²) in [5.41, 5.74) is 4.77. The Hall–Kier alpha value is -3.51. The van der Waals surface area contributed by atoms with E-state index < -0.39 is 12.1 Å². The quantitative estimate of drug-likeness (QED) is 0.141. The fourth-order valence-electron chi connectivity index (χ4n) is 4.61. The number of esters is 1. The molecule has 11 heteroatoms. The second kappa shape index (κ2) is 20.4. The minimum absolute atomic E-state index is 0.0411. The number of ether oxygens (including phenoxy) is 6. The number of carboxylic acid groups (broad SMARTS) is 1. The zero-order valence-corrected chi connectivity index (χ0v) is 24.6. The highest BCUT2D eigenvalue weighted by Gasteiger charge is 2.28. The first kappa shape index (κ1) is 34.0. The van der Waals surface area contributed by atoms with Gasteiger partial charge in [0.05, 0.1) is 46.2 Å². The molecule has 0 aliphatic heterocycles. The standard InChI is InChI=1S/C32H43NO10/c34-30(35)12-5-6-13-31(36)42-23-22-41-21-20-40-19-18-39-17-16-38-15-7-14-33-32(37)43-24-29-27-10-3-1-8-25(27)26-9-2-4-11-28(26)29/h1-4,8-11,29H,5-7,12-24H2,(H,33,37)(H,34,35). The number of alkyl carbamates (subject to hydrolysis) is 1. The molecule has 3 rings (SSSR count). The van der Waals surface area contributed by atoms with Gasteiger partial charge in [0.25, 0.3) is 0 Å². The van der Waals surface area contributed by atoms with Gasteiger partial charge < -0.3 is 38.8 Å². The van der Waals surface area contributed by atoms with Crippen molar-refractivity contribution in [3.8, 4) is 11.1 Å². The van der Waals surface area contributed by atoms with Crippen LogP contribution < -0.4 is 5.32 Å². The van der Waals surface area contributed by atoms with Crippen LogP contribution in [0.2, 0.25) is 0 Å². The van der Waals surface area contributed by atoms with Crippen molar-refractivity contribution in [1.82, 2.24) is 5.32 Å². The number of aliphatic carboxylic acids is 1. The maximum atomic E-state index is 12.2. The average Bonchev–Trinajstić information content (AvgIpc) is 3.33. The Bertz CT molecular complexity index is 1080. The Balaban J connectivity index is 1.06. The normalized spacial score (nSPS) is 12.0. The number of carbonyl (C=O) groups excluding carboxylic acids is 2. The lowest BCUT2D eigenvalue weighted by Crippen LogP contribution is -2.27. The summed E-state index contributed by atoms with van der Waals surface area (Å²) in [6.07, 6.45) is 1.46. The van der Waals surface area contributed by atoms with E-state index in [1.165, 1.54) is 22.3 Å². The molecule has 2 aromatic carbocycles. The molecule has 0 fully saturated rings. The highest BCUT2D eigenvalue weighted by atomic mass is 16.6. The first-order chi connectivity index (χ1) is 21.1. The SMILES string of the molecule is O=C(O)CCCCC(=O)OCCOCCOCCOCCOCCCNC(=O)OCC1c2ccccc2-c2ccccc21. The van der Waals surface area contributed by atoms with Crippen LogP contribution in [0.4, 0.5) is 4.79 Å². The molecule has 0 bridgehead atoms. The zero-order valence-electron chi connectivity index (χ0n) is 24.6. The van der Waals surface area contributed by atoms with E-state index in [4.69, 9.17) is 33.5 Å². The number of fused-ring (bicyclic) bond motifs is 3. The molecule has 0 aromatic heterocycles. The molecule has 236 valence electrons. The molecule has 0 heterocycles. The van der Waals surface area contributed by atoms with E-state index in [0.29, 0.717) is 78.7 Å². The number of hydrogen-bond donors (Lipinski definition) is 2. The second-order valence-corrected chi connectivity index (χ2v) is 9.88. The number of hydrogen-bond acceptors (Lipinski definition) is 9. The molecular weight excluding hydrogens is 558 g/mol. The lowest BCUT2D eigenvalue weighted by atomic mass is 9.98. The Morgan fingerprint density at radius 3 is 1.72 bits per heavy atom. The monoisotopic (exact) mass is 601 g/mol. The van der Waals surface area contributed by atoms with Crippen molar-refractivity contribution in [2.45, 2.75) is 38.0 Å². The van der Waals surface area contributed by atoms with Gasteiger partial charge in [0.1, 0.15) is 13.2 Å². The van der Waals surface area contributed by atoms with Crippen molar-refractivity contribution in [2.24, 2.45) is 0 Å². The third-order valence-corrected chi connectivity index (χ3v) is 6.71. The van der Waals surface area contributed by atoms with Crippen molar-refractivity contribution in [3.63, 3.8) is 0 Å². The molecule has 0 atom stereocenters. The maximum Gasteiger partial charge on any atom is 0.407 e. The highest BCUT2D eigenvalue weighted by Crippen LogP contribution is 2.44. The first-order valence-electron chi connectivity index (χ1n) is 14.8. The van der Waals surface area contributed by atoms with Gasteiger partial charge in [0.2, 0.25) is 0 Å². The summed E-state index contributed by atoms with van der Waals surface area (Å²) >= 11 is 0. The summed E-state index contributed by atoms with van der Waals surface area (Å²) in [4.78, 5) is 34.1. The van der Waals surface area contributed by atoms with Gasteiger partial charge in [-0.1, -0.05) is 48.5 Å². The van der Waals surface area contributed by atoms with Crippen molar-refractivity contribution in [3.05, 3.63) is 59.7 Å². The molecule has 0 saturated carbocycles. The summed E-state index contributed by atoms with van der Waals surface area (Å²) in [6.45, 7) is 4.24. The summed E-state index contributed by atoms with van der Waals surface area (Å²) < 4.78 is 32.3. The van der Waals surface area contributed by atoms with Gasteiger partial charge in [-0.15, -0.1) is 0 Å². The number of rotatable bonds is 23. The van der Waals surface area contributed by atoms with Gasteiger partial charge in [0.15, 0.2) is 0 Å². The van der Waals surface area contributed by atoms with E-state index >= 15 is 0 Å². The smallest absolute Gasteiger partial charge is 0.407 e. The van der Waals surface area contributed by atoms with Gasteiger partial charge in [-0.2, -0.15) is 0 Å². The van der Waals surface area contributed by atoms with Crippen LogP contribution in [0, 0.1) is 0 Å². The third-order valence-electron chi connectivity index (χ3n) is 6.71. The van der Waals surface area contributed by atoms with Crippen LogP contribution in [-0.4, -0.2) is 95.8 Å². The fraction of sp³-hybridized carbons (Fsp3) is 0.531. The molecular formula is C32H43NO10. The number of carboxylic acids is 1. The molecule has 0 spiro atoms. The van der Waals surface area contributed by atoms with Crippen molar-refractivity contribution >= 4 is 18.0 Å². The van der Waals surface area contributed by atoms with Crippen LogP contribution in [0.3, 0.4) is 0 Å². The molecule has 1 amide bonds. The van der Waals surface area contributed by atoms with Gasteiger partial charge in [0, 0.05) is 31.9 Å². The number of unbranched alkanes of at least 4 members (excludes halogenated alkanes) is 1. The van der Waals surface area contributed by atoms with Gasteiger partial charge in [-0.3, -0.25) is 9.59 Å². The minimum Gasteiger partial charge on any atom is -0.481 e. The Morgan fingerprint density at radius 2 is 1.14 bits per heavy atom. The Morgan fingerprint density at radius 1 is 0.628 bits per heavy atom. The lowest BCUT2D eigenvalue weighted by Gasteiger charge is -2.14. The van der Waals surface area contributed by atoms with E-state index in [9.17, 15) is 14.4 Å². The van der Waals surface area contributed by atoms with E-state index in [-0.39, 0.29) is 37.9 Å². The molecule has 2 aromatic rings. The predicted octanol–water partition coefficient (Wildman–Crippen LogP) is 4.17. The summed E-state index contributed by atoms with van der Waals surface area (Å²) in [5, 5.41) is 11.3. The zero-order chi connectivity index (χ0) is 30.5. The number of amides is 1. The van der Waals surface area contributed by atoms with Gasteiger partial charge in [-0.25, -0.2) is 4.79 Å². The number of nitrogens with one attached hydrogen (secondary N) is 1. The second-order valence-electron chi connectivity index (χ2n) is 9.88. The molecule has 2 N–H and O–H groups in total. The maximum absolute atomic E-state index is 12.2. The average molecular weight is 602 g/mol. The van der Waals surface area contributed by atoms with Crippen molar-refractivity contribution < 1.29 is 47.9 Å². The molecule has 1 aliphatic carbocycles. The predicted molar refractivity (Wildman–Crippen MR) is 158 cm³/mol. The van der Waals surface area contributed by atoms with E-state index in [1.807, 2.05) is 24.3 Å². The molecule has 43 heavy (non-hydrogen) atoms. The van der Waals surface area contributed by atoms with E-state index in [2.05, 4.69) is 29.6 Å². The largest absolute Gasteiger partial charge is 0.481 e. The van der Waals surface area contributed by atoms with Crippen molar-refractivity contribution in [2.75, 3.05) is 72.6 Å². The topological polar surface area (TPSA) is 139 Å². The Labute approximate surface area is 252 Å². The van der Waals surface area contributed by atoms with Gasteiger partial charge >= 0.3 is 18.0 Å². The van der Waals surface area contributed by atoms with Crippen LogP contribution in [0.15, 0.2) is 48.5 Å². The van der Waals surface area contributed by atoms with Crippen LogP contribution >= 0.6 is 0 Å². The third kappa shape index (κ3) is 13.1. The van der Waals surface area contributed by atoms with Crippen molar-refractivity contribution in [1.29, 1.82) is 0 Å². The molecule has 0 unspecified atom stereocenters. The van der Waals surface area contributed by atoms with Gasteiger partial charge in [-0.05, 0) is 41.5 Å². The highest BCUT2D eigenvalue weighted by molar-refractivity contribution is 5.79. The number of carbonyl (C=O) groups is 3. The summed E-state index contributed by atoms with van der Waals surface area (Å²) in [7, 11) is 0. The van der Waals surface area contributed by atoms with Crippen LogP contribution in [-0.2, 0) is 38.0 Å². The fourth-order valence-corrected chi connectivity index (χ4v) is 4.61. The molecule has 0 radical (unpaired) electrons. The lowest BCUT2D eigenvalue weighted by molar-refractivity contribution is -0.146. The molecule has 0 saturated heterocycles. The van der Waals surface area contributed by atoms with Crippen LogP contribution in [0.1, 0.15) is 49.1 Å². The van der Waals surface area contributed by atoms with Crippen LogP contribution in [0.5, 0.6) is 0 Å². The number of benzene rings is 2.